The van der Waals surface area contributed by atoms with Crippen molar-refractivity contribution in [1.82, 2.24) is 29.7 Å². The molecule has 0 bridgehead atoms. The van der Waals surface area contributed by atoms with Gasteiger partial charge in [-0.15, -0.1) is 0 Å². The van der Waals surface area contributed by atoms with Gasteiger partial charge in [0.05, 0.1) is 17.8 Å². The van der Waals surface area contributed by atoms with E-state index in [1.54, 1.807) is 0 Å². The van der Waals surface area contributed by atoms with E-state index in [2.05, 4.69) is 34.3 Å². The summed E-state index contributed by atoms with van der Waals surface area (Å²) in [7, 11) is 4.16. The van der Waals surface area contributed by atoms with E-state index in [1.807, 2.05) is 21.7 Å². The highest BCUT2D eigenvalue weighted by atomic mass is 16.2. The number of nitrogens with zero attached hydrogens (tertiary/aromatic N) is 6. The molecule has 2 saturated heterocycles. The normalized spacial score (nSPS) is 21.1. The third kappa shape index (κ3) is 2.78. The first-order chi connectivity index (χ1) is 13.1. The molecule has 8 nitrogen and oxygen atoms in total. The lowest BCUT2D eigenvalue weighted by Gasteiger charge is -2.48. The van der Waals surface area contributed by atoms with Gasteiger partial charge in [0, 0.05) is 56.8 Å². The molecule has 1 amide bonds. The van der Waals surface area contributed by atoms with Crippen LogP contribution in [0.3, 0.4) is 0 Å². The summed E-state index contributed by atoms with van der Waals surface area (Å²) >= 11 is 0. The molecule has 2 aromatic heterocycles. The topological polar surface area (TPSA) is 69.0 Å². The van der Waals surface area contributed by atoms with Gasteiger partial charge < -0.3 is 20.0 Å². The molecule has 2 aromatic rings. The Bertz CT molecular complexity index is 864. The summed E-state index contributed by atoms with van der Waals surface area (Å²) in [6.07, 6.45) is 3.71. The number of hydrogen-bond acceptors (Lipinski definition) is 6. The van der Waals surface area contributed by atoms with E-state index in [0.717, 1.165) is 63.6 Å². The minimum absolute atomic E-state index is 0.103. The number of amides is 1. The molecule has 27 heavy (non-hydrogen) atoms. The van der Waals surface area contributed by atoms with Gasteiger partial charge in [0.2, 0.25) is 5.91 Å². The van der Waals surface area contributed by atoms with Crippen LogP contribution >= 0.6 is 0 Å². The quantitative estimate of drug-likeness (QED) is 0.796. The van der Waals surface area contributed by atoms with Crippen LogP contribution in [0.25, 0.3) is 5.65 Å². The van der Waals surface area contributed by atoms with Gasteiger partial charge in [0.1, 0.15) is 5.82 Å². The number of likely N-dealkylation sites (tertiary alicyclic amines) is 1. The maximum absolute atomic E-state index is 12.7. The molecule has 0 aromatic carbocycles. The first-order valence-corrected chi connectivity index (χ1v) is 9.88. The van der Waals surface area contributed by atoms with Gasteiger partial charge in [-0.25, -0.2) is 4.98 Å². The predicted octanol–water partition coefficient (Wildman–Crippen LogP) is -0.374. The van der Waals surface area contributed by atoms with Crippen LogP contribution in [-0.2, 0) is 17.6 Å². The zero-order valence-corrected chi connectivity index (χ0v) is 16.1. The Morgan fingerprint density at radius 1 is 1.19 bits per heavy atom. The van der Waals surface area contributed by atoms with Crippen molar-refractivity contribution >= 4 is 17.4 Å². The first-order valence-electron chi connectivity index (χ1n) is 9.88. The Labute approximate surface area is 159 Å². The van der Waals surface area contributed by atoms with E-state index in [1.165, 1.54) is 11.3 Å². The zero-order valence-electron chi connectivity index (χ0n) is 16.1. The molecule has 144 valence electrons. The van der Waals surface area contributed by atoms with Crippen LogP contribution in [0.1, 0.15) is 11.3 Å². The highest BCUT2D eigenvalue weighted by Crippen LogP contribution is 2.32. The van der Waals surface area contributed by atoms with Gasteiger partial charge >= 0.3 is 0 Å². The molecule has 1 N–H and O–H groups in total. The standard InChI is InChI=1S/C19H27N7O/c1-23(2)14-11-25(12-14)19(27)13-9-24(10-13)18-15-3-6-20-7-4-16(15)22-17-5-8-21-26(17)18/h5,8,13-14,20H,3-4,6-7,9-12H2,1-2H3. The monoisotopic (exact) mass is 369 g/mol. The molecule has 0 radical (unpaired) electrons. The van der Waals surface area contributed by atoms with E-state index in [0.29, 0.717) is 11.9 Å². The Kier molecular flexibility index (Phi) is 4.05. The maximum Gasteiger partial charge on any atom is 0.229 e. The van der Waals surface area contributed by atoms with Gasteiger partial charge in [-0.05, 0) is 27.1 Å². The molecule has 3 aliphatic rings. The Hall–Kier alpha value is -2.19. The van der Waals surface area contributed by atoms with Gasteiger partial charge in [-0.3, -0.25) is 4.79 Å². The Balaban J connectivity index is 1.35. The first kappa shape index (κ1) is 16.9. The third-order valence-corrected chi connectivity index (χ3v) is 6.22. The van der Waals surface area contributed by atoms with Crippen LogP contribution in [0.5, 0.6) is 0 Å². The molecular weight excluding hydrogens is 342 g/mol. The fraction of sp³-hybridized carbons (Fsp3) is 0.632. The molecule has 5 heterocycles. The number of nitrogens with one attached hydrogen (secondary N) is 1. The average Bonchev–Trinajstić information content (AvgIpc) is 2.88. The molecule has 0 aliphatic carbocycles. The maximum atomic E-state index is 12.7. The van der Waals surface area contributed by atoms with Gasteiger partial charge in [0.15, 0.2) is 5.65 Å². The molecule has 0 saturated carbocycles. The summed E-state index contributed by atoms with van der Waals surface area (Å²) < 4.78 is 1.95. The van der Waals surface area contributed by atoms with Crippen LogP contribution in [0.4, 0.5) is 5.82 Å². The smallest absolute Gasteiger partial charge is 0.229 e. The number of anilines is 1. The molecule has 3 aliphatic heterocycles. The molecular formula is C19H27N7O. The number of carbonyl (C=O) groups excluding carboxylic acids is 1. The SMILES string of the molecule is CN(C)C1CN(C(=O)C2CN(c3c4c(nc5ccnn35)CCNCC4)C2)C1. The summed E-state index contributed by atoms with van der Waals surface area (Å²) in [4.78, 5) is 24.1. The lowest BCUT2D eigenvalue weighted by atomic mass is 9.94. The minimum atomic E-state index is 0.103. The lowest BCUT2D eigenvalue weighted by Crippen LogP contribution is -2.64. The Morgan fingerprint density at radius 3 is 2.74 bits per heavy atom. The number of rotatable bonds is 3. The Morgan fingerprint density at radius 2 is 1.96 bits per heavy atom. The zero-order chi connectivity index (χ0) is 18.5. The molecule has 0 unspecified atom stereocenters. The van der Waals surface area contributed by atoms with E-state index in [9.17, 15) is 4.79 Å². The van der Waals surface area contributed by atoms with Gasteiger partial charge in [-0.2, -0.15) is 9.61 Å². The van der Waals surface area contributed by atoms with Crippen LogP contribution in [-0.4, -0.2) is 89.7 Å². The summed E-state index contributed by atoms with van der Waals surface area (Å²) in [5, 5.41) is 7.97. The van der Waals surface area contributed by atoms with Crippen molar-refractivity contribution < 1.29 is 4.79 Å². The fourth-order valence-corrected chi connectivity index (χ4v) is 4.37. The highest BCUT2D eigenvalue weighted by molar-refractivity contribution is 5.83. The summed E-state index contributed by atoms with van der Waals surface area (Å²) in [5.41, 5.74) is 3.37. The largest absolute Gasteiger partial charge is 0.354 e. The van der Waals surface area contributed by atoms with E-state index < -0.39 is 0 Å². The van der Waals surface area contributed by atoms with Crippen LogP contribution in [0, 0.1) is 5.92 Å². The summed E-state index contributed by atoms with van der Waals surface area (Å²) in [5.74, 6) is 1.55. The summed E-state index contributed by atoms with van der Waals surface area (Å²) in [6, 6.07) is 2.48. The van der Waals surface area contributed by atoms with Crippen LogP contribution < -0.4 is 10.2 Å². The lowest BCUT2D eigenvalue weighted by molar-refractivity contribution is -0.143. The minimum Gasteiger partial charge on any atom is -0.354 e. The second-order valence-electron chi connectivity index (χ2n) is 8.17. The highest BCUT2D eigenvalue weighted by Gasteiger charge is 2.42. The van der Waals surface area contributed by atoms with Crippen molar-refractivity contribution in [2.75, 3.05) is 58.3 Å². The fourth-order valence-electron chi connectivity index (χ4n) is 4.37. The number of fused-ring (bicyclic) bond motifs is 2. The van der Waals surface area contributed by atoms with Crippen molar-refractivity contribution in [3.05, 3.63) is 23.5 Å². The van der Waals surface area contributed by atoms with E-state index in [4.69, 9.17) is 4.98 Å². The second-order valence-corrected chi connectivity index (χ2v) is 8.17. The molecule has 8 heteroatoms. The van der Waals surface area contributed by atoms with Gasteiger partial charge in [-0.1, -0.05) is 0 Å². The van der Waals surface area contributed by atoms with Crippen LogP contribution in [0.15, 0.2) is 12.3 Å². The molecule has 2 fully saturated rings. The third-order valence-electron chi connectivity index (χ3n) is 6.22. The molecule has 0 spiro atoms. The van der Waals surface area contributed by atoms with Crippen molar-refractivity contribution in [3.8, 4) is 0 Å². The molecule has 0 atom stereocenters. The number of likely N-dealkylation sites (N-methyl/N-ethyl adjacent to an activating group) is 1. The van der Waals surface area contributed by atoms with E-state index >= 15 is 0 Å². The van der Waals surface area contributed by atoms with Crippen molar-refractivity contribution in [2.24, 2.45) is 5.92 Å². The summed E-state index contributed by atoms with van der Waals surface area (Å²) in [6.45, 7) is 5.21. The van der Waals surface area contributed by atoms with Crippen LogP contribution in [0.2, 0.25) is 0 Å². The number of hydrogen-bond donors (Lipinski definition) is 1. The van der Waals surface area contributed by atoms with Crippen molar-refractivity contribution in [2.45, 2.75) is 18.9 Å². The van der Waals surface area contributed by atoms with Crippen molar-refractivity contribution in [3.63, 3.8) is 0 Å². The molecule has 5 rings (SSSR count). The van der Waals surface area contributed by atoms with E-state index in [-0.39, 0.29) is 5.92 Å². The second kappa shape index (κ2) is 6.45. The van der Waals surface area contributed by atoms with Gasteiger partial charge in [0.25, 0.3) is 0 Å². The average molecular weight is 369 g/mol. The predicted molar refractivity (Wildman–Crippen MR) is 103 cm³/mol. The number of aromatic nitrogens is 3. The van der Waals surface area contributed by atoms with Crippen molar-refractivity contribution in [1.29, 1.82) is 0 Å². The number of carbonyl (C=O) groups is 1.